The van der Waals surface area contributed by atoms with Crippen LogP contribution in [0.3, 0.4) is 0 Å². The molecule has 1 fully saturated rings. The monoisotopic (exact) mass is 215 g/mol. The van der Waals surface area contributed by atoms with Gasteiger partial charge in [0, 0.05) is 23.6 Å². The minimum absolute atomic E-state index is 0.0223. The van der Waals surface area contributed by atoms with Crippen LogP contribution in [0.25, 0.3) is 0 Å². The lowest BCUT2D eigenvalue weighted by Gasteiger charge is -2.37. The van der Waals surface area contributed by atoms with E-state index in [1.54, 1.807) is 4.90 Å². The number of hydrogen-bond donors (Lipinski definition) is 0. The number of hydrogen-bond acceptors (Lipinski definition) is 3. The highest BCUT2D eigenvalue weighted by Crippen LogP contribution is 2.29. The van der Waals surface area contributed by atoms with E-state index < -0.39 is 0 Å². The fourth-order valence-corrected chi connectivity index (χ4v) is 2.67. The molecule has 14 heavy (non-hydrogen) atoms. The van der Waals surface area contributed by atoms with Gasteiger partial charge >= 0.3 is 0 Å². The average molecular weight is 215 g/mol. The third kappa shape index (κ3) is 3.33. The molecule has 0 radical (unpaired) electrons. The van der Waals surface area contributed by atoms with Crippen molar-refractivity contribution in [3.05, 3.63) is 0 Å². The van der Waals surface area contributed by atoms with Gasteiger partial charge in [-0.05, 0) is 20.8 Å². The summed E-state index contributed by atoms with van der Waals surface area (Å²) < 4.78 is 0.130. The fraction of sp³-hybridized carbons (Fsp3) is 0.800. The molecule has 0 bridgehead atoms. The number of ketones is 1. The maximum absolute atomic E-state index is 11.6. The Morgan fingerprint density at radius 1 is 1.43 bits per heavy atom. The van der Waals surface area contributed by atoms with E-state index >= 15 is 0 Å². The number of nitrogens with zero attached hydrogens (tertiary/aromatic N) is 1. The van der Waals surface area contributed by atoms with E-state index in [2.05, 4.69) is 13.8 Å². The second-order valence-corrected chi connectivity index (χ2v) is 6.10. The van der Waals surface area contributed by atoms with Crippen molar-refractivity contribution < 1.29 is 9.59 Å². The first-order valence-electron chi connectivity index (χ1n) is 4.82. The van der Waals surface area contributed by atoms with Crippen LogP contribution in [0.15, 0.2) is 0 Å². The summed E-state index contributed by atoms with van der Waals surface area (Å²) in [4.78, 5) is 24.2. The molecule has 0 aromatic heterocycles. The van der Waals surface area contributed by atoms with Gasteiger partial charge in [0.25, 0.3) is 0 Å². The van der Waals surface area contributed by atoms with Gasteiger partial charge in [-0.15, -0.1) is 0 Å². The summed E-state index contributed by atoms with van der Waals surface area (Å²) in [6, 6.07) is 0. The van der Waals surface area contributed by atoms with Crippen LogP contribution >= 0.6 is 11.8 Å². The quantitative estimate of drug-likeness (QED) is 0.652. The highest BCUT2D eigenvalue weighted by atomic mass is 32.2. The van der Waals surface area contributed by atoms with Crippen molar-refractivity contribution in [2.24, 2.45) is 0 Å². The molecule has 0 saturated carbocycles. The number of rotatable bonds is 2. The van der Waals surface area contributed by atoms with Gasteiger partial charge in [-0.2, -0.15) is 11.8 Å². The molecule has 1 heterocycles. The molecule has 1 amide bonds. The zero-order valence-electron chi connectivity index (χ0n) is 9.00. The van der Waals surface area contributed by atoms with Crippen molar-refractivity contribution in [1.29, 1.82) is 0 Å². The van der Waals surface area contributed by atoms with Crippen molar-refractivity contribution in [3.63, 3.8) is 0 Å². The smallest absolute Gasteiger partial charge is 0.230 e. The van der Waals surface area contributed by atoms with Gasteiger partial charge in [-0.1, -0.05) is 0 Å². The van der Waals surface area contributed by atoms with Crippen molar-refractivity contribution in [1.82, 2.24) is 4.90 Å². The van der Waals surface area contributed by atoms with Gasteiger partial charge in [0.2, 0.25) is 5.91 Å². The third-order valence-corrected chi connectivity index (χ3v) is 3.48. The Kier molecular flexibility index (Phi) is 3.59. The van der Waals surface area contributed by atoms with E-state index in [0.29, 0.717) is 0 Å². The van der Waals surface area contributed by atoms with E-state index in [4.69, 9.17) is 0 Å². The Hall–Kier alpha value is -0.510. The number of carbonyl (C=O) groups is 2. The summed E-state index contributed by atoms with van der Waals surface area (Å²) in [7, 11) is 0. The van der Waals surface area contributed by atoms with E-state index in [0.717, 1.165) is 18.8 Å². The maximum atomic E-state index is 11.6. The Balaban J connectivity index is 2.52. The van der Waals surface area contributed by atoms with Crippen LogP contribution in [-0.4, -0.2) is 40.2 Å². The molecular formula is C10H17NO2S. The predicted octanol–water partition coefficient (Wildman–Crippen LogP) is 1.32. The first kappa shape index (κ1) is 11.6. The molecule has 1 rings (SSSR count). The number of amides is 1. The SMILES string of the molecule is CC(=O)CC(=O)N1CCSC(C)(C)C1. The van der Waals surface area contributed by atoms with Crippen molar-refractivity contribution >= 4 is 23.5 Å². The Labute approximate surface area is 89.2 Å². The lowest BCUT2D eigenvalue weighted by Crippen LogP contribution is -2.46. The molecule has 1 saturated heterocycles. The van der Waals surface area contributed by atoms with Gasteiger partial charge in [0.05, 0.1) is 6.42 Å². The fourth-order valence-electron chi connectivity index (χ4n) is 1.55. The molecule has 0 spiro atoms. The summed E-state index contributed by atoms with van der Waals surface area (Å²) in [5.41, 5.74) is 0. The molecular weight excluding hydrogens is 198 g/mol. The molecule has 1 aliphatic heterocycles. The minimum atomic E-state index is -0.0500. The standard InChI is InChI=1S/C10H17NO2S/c1-8(12)6-9(13)11-4-5-14-10(2,3)7-11/h4-7H2,1-3H3. The summed E-state index contributed by atoms with van der Waals surface area (Å²) in [6.45, 7) is 7.25. The van der Waals surface area contributed by atoms with E-state index in [9.17, 15) is 9.59 Å². The van der Waals surface area contributed by atoms with Crippen LogP contribution in [0.2, 0.25) is 0 Å². The highest BCUT2D eigenvalue weighted by Gasteiger charge is 2.29. The van der Waals surface area contributed by atoms with Gasteiger partial charge in [-0.3, -0.25) is 9.59 Å². The molecule has 0 atom stereocenters. The first-order chi connectivity index (χ1) is 6.41. The van der Waals surface area contributed by atoms with Crippen LogP contribution in [0.4, 0.5) is 0 Å². The lowest BCUT2D eigenvalue weighted by molar-refractivity contribution is -0.135. The van der Waals surface area contributed by atoms with E-state index in [1.165, 1.54) is 6.92 Å². The molecule has 0 aromatic rings. The van der Waals surface area contributed by atoms with Crippen molar-refractivity contribution in [3.8, 4) is 0 Å². The molecule has 0 unspecified atom stereocenters. The van der Waals surface area contributed by atoms with E-state index in [1.807, 2.05) is 11.8 Å². The normalized spacial score (nSPS) is 20.6. The Morgan fingerprint density at radius 3 is 2.57 bits per heavy atom. The zero-order valence-corrected chi connectivity index (χ0v) is 9.82. The highest BCUT2D eigenvalue weighted by molar-refractivity contribution is 8.00. The van der Waals surface area contributed by atoms with Gasteiger partial charge in [0.15, 0.2) is 0 Å². The van der Waals surface area contributed by atoms with Crippen molar-refractivity contribution in [2.75, 3.05) is 18.8 Å². The molecule has 0 aliphatic carbocycles. The van der Waals surface area contributed by atoms with Crippen LogP contribution in [-0.2, 0) is 9.59 Å². The largest absolute Gasteiger partial charge is 0.340 e. The molecule has 0 N–H and O–H groups in total. The van der Waals surface area contributed by atoms with Crippen LogP contribution < -0.4 is 0 Å². The topological polar surface area (TPSA) is 37.4 Å². The Bertz CT molecular complexity index is 251. The maximum Gasteiger partial charge on any atom is 0.230 e. The van der Waals surface area contributed by atoms with Crippen LogP contribution in [0.5, 0.6) is 0 Å². The molecule has 1 aliphatic rings. The molecule has 80 valence electrons. The minimum Gasteiger partial charge on any atom is -0.340 e. The second kappa shape index (κ2) is 4.34. The third-order valence-electron chi connectivity index (χ3n) is 2.18. The molecule has 3 nitrogen and oxygen atoms in total. The number of Topliss-reactive ketones (excluding diaryl/α,β-unsaturated/α-hetero) is 1. The number of carbonyl (C=O) groups excluding carboxylic acids is 2. The molecule has 0 aromatic carbocycles. The zero-order chi connectivity index (χ0) is 10.8. The summed E-state index contributed by atoms with van der Waals surface area (Å²) >= 11 is 1.88. The van der Waals surface area contributed by atoms with Gasteiger partial charge in [-0.25, -0.2) is 0 Å². The summed E-state index contributed by atoms with van der Waals surface area (Å²) in [6.07, 6.45) is 0.0563. The second-order valence-electron chi connectivity index (χ2n) is 4.30. The Morgan fingerprint density at radius 2 is 2.07 bits per heavy atom. The average Bonchev–Trinajstić information content (AvgIpc) is 2.01. The summed E-state index contributed by atoms with van der Waals surface area (Å²) in [5.74, 6) is 0.897. The summed E-state index contributed by atoms with van der Waals surface area (Å²) in [5, 5.41) is 0. The molecule has 4 heteroatoms. The first-order valence-corrected chi connectivity index (χ1v) is 5.80. The van der Waals surface area contributed by atoms with E-state index in [-0.39, 0.29) is 22.9 Å². The number of thioether (sulfide) groups is 1. The lowest BCUT2D eigenvalue weighted by atomic mass is 10.1. The van der Waals surface area contributed by atoms with Crippen LogP contribution in [0.1, 0.15) is 27.2 Å². The van der Waals surface area contributed by atoms with Crippen LogP contribution in [0, 0.1) is 0 Å². The van der Waals surface area contributed by atoms with Gasteiger partial charge in [0.1, 0.15) is 5.78 Å². The van der Waals surface area contributed by atoms with Gasteiger partial charge < -0.3 is 4.90 Å². The van der Waals surface area contributed by atoms with Crippen molar-refractivity contribution in [2.45, 2.75) is 31.9 Å². The predicted molar refractivity (Wildman–Crippen MR) is 58.4 cm³/mol.